The molecule has 3 rings (SSSR count). The topological polar surface area (TPSA) is 70.6 Å². The summed E-state index contributed by atoms with van der Waals surface area (Å²) in [6, 6.07) is 7.89. The second-order valence-electron chi connectivity index (χ2n) is 5.86. The molecular formula is C18H24ClN5O2. The number of amides is 1. The molecule has 0 bridgehead atoms. The molecule has 1 aromatic carbocycles. The van der Waals surface area contributed by atoms with Gasteiger partial charge in [0.1, 0.15) is 11.4 Å². The molecule has 1 N–H and O–H groups in total. The Kier molecular flexibility index (Phi) is 7.62. The van der Waals surface area contributed by atoms with E-state index in [9.17, 15) is 4.79 Å². The fourth-order valence-corrected chi connectivity index (χ4v) is 2.98. The number of nitrogens with one attached hydrogen (secondary N) is 1. The van der Waals surface area contributed by atoms with Gasteiger partial charge in [-0.2, -0.15) is 0 Å². The van der Waals surface area contributed by atoms with Crippen LogP contribution < -0.4 is 15.0 Å². The first-order valence-corrected chi connectivity index (χ1v) is 8.41. The highest BCUT2D eigenvalue weighted by molar-refractivity contribution is 5.85. The number of aromatic nitrogens is 2. The number of piperazine rings is 1. The summed E-state index contributed by atoms with van der Waals surface area (Å²) in [5.41, 5.74) is 1.92. The number of nitrogens with zero attached hydrogens (tertiary/aromatic N) is 4. The monoisotopic (exact) mass is 377 g/mol. The number of carbonyl (C=O) groups excluding carboxylic acids is 1. The van der Waals surface area contributed by atoms with Gasteiger partial charge in [-0.15, -0.1) is 12.4 Å². The highest BCUT2D eigenvalue weighted by Crippen LogP contribution is 2.28. The highest BCUT2D eigenvalue weighted by atomic mass is 35.5. The van der Waals surface area contributed by atoms with Gasteiger partial charge in [-0.3, -0.25) is 14.7 Å². The van der Waals surface area contributed by atoms with E-state index in [1.807, 2.05) is 24.3 Å². The van der Waals surface area contributed by atoms with Crippen molar-refractivity contribution in [2.24, 2.45) is 0 Å². The number of carbonyl (C=O) groups is 1. The molecule has 1 amide bonds. The van der Waals surface area contributed by atoms with Gasteiger partial charge in [-0.25, -0.2) is 4.98 Å². The van der Waals surface area contributed by atoms with E-state index in [1.54, 1.807) is 19.5 Å². The molecule has 1 aromatic heterocycles. The summed E-state index contributed by atoms with van der Waals surface area (Å²) in [5.74, 6) is 1.74. The summed E-state index contributed by atoms with van der Waals surface area (Å²) in [6.07, 6.45) is 4.21. The van der Waals surface area contributed by atoms with E-state index in [2.05, 4.69) is 25.1 Å². The van der Waals surface area contributed by atoms with Crippen LogP contribution in [0.3, 0.4) is 0 Å². The van der Waals surface area contributed by atoms with Crippen molar-refractivity contribution in [3.63, 3.8) is 0 Å². The summed E-state index contributed by atoms with van der Waals surface area (Å²) in [7, 11) is 1.66. The van der Waals surface area contributed by atoms with E-state index in [0.717, 1.165) is 62.0 Å². The fraction of sp³-hybridized carbons (Fsp3) is 0.389. The number of rotatable bonds is 7. The number of anilines is 1. The van der Waals surface area contributed by atoms with E-state index < -0.39 is 0 Å². The Morgan fingerprint density at radius 1 is 1.12 bits per heavy atom. The molecular weight excluding hydrogens is 354 g/mol. The molecule has 2 heterocycles. The van der Waals surface area contributed by atoms with Crippen LogP contribution in [0.15, 0.2) is 36.7 Å². The van der Waals surface area contributed by atoms with E-state index in [4.69, 9.17) is 4.74 Å². The fourth-order valence-electron chi connectivity index (χ4n) is 2.98. The highest BCUT2D eigenvalue weighted by Gasteiger charge is 2.21. The predicted octanol–water partition coefficient (Wildman–Crippen LogP) is 1.44. The van der Waals surface area contributed by atoms with Crippen molar-refractivity contribution in [2.45, 2.75) is 0 Å². The first kappa shape index (κ1) is 19.9. The van der Waals surface area contributed by atoms with Crippen LogP contribution >= 0.6 is 12.4 Å². The minimum atomic E-state index is 0. The molecule has 0 spiro atoms. The molecule has 0 radical (unpaired) electrons. The lowest BCUT2D eigenvalue weighted by molar-refractivity contribution is -0.109. The SMILES string of the molecule is COc1ccc(-c2nccnc2N2CCN(CCNC=O)CC2)cc1.Cl. The number of hydrogen-bond acceptors (Lipinski definition) is 6. The average Bonchev–Trinajstić information content (AvgIpc) is 2.69. The number of halogens is 1. The lowest BCUT2D eigenvalue weighted by atomic mass is 10.1. The van der Waals surface area contributed by atoms with Gasteiger partial charge >= 0.3 is 0 Å². The first-order chi connectivity index (χ1) is 12.3. The van der Waals surface area contributed by atoms with Crippen molar-refractivity contribution in [1.29, 1.82) is 0 Å². The zero-order chi connectivity index (χ0) is 17.5. The van der Waals surface area contributed by atoms with Crippen LogP contribution in [0, 0.1) is 0 Å². The molecule has 1 aliphatic rings. The van der Waals surface area contributed by atoms with Gasteiger partial charge in [0, 0.05) is 57.2 Å². The van der Waals surface area contributed by atoms with Gasteiger partial charge in [0.2, 0.25) is 6.41 Å². The van der Waals surface area contributed by atoms with Crippen LogP contribution in [0.4, 0.5) is 5.82 Å². The predicted molar refractivity (Wildman–Crippen MR) is 104 cm³/mol. The molecule has 7 nitrogen and oxygen atoms in total. The van der Waals surface area contributed by atoms with Crippen molar-refractivity contribution in [2.75, 3.05) is 51.3 Å². The van der Waals surface area contributed by atoms with E-state index >= 15 is 0 Å². The summed E-state index contributed by atoms with van der Waals surface area (Å²) >= 11 is 0. The molecule has 1 saturated heterocycles. The van der Waals surface area contributed by atoms with Crippen molar-refractivity contribution < 1.29 is 9.53 Å². The largest absolute Gasteiger partial charge is 0.497 e. The summed E-state index contributed by atoms with van der Waals surface area (Å²) in [5, 5.41) is 2.71. The molecule has 0 atom stereocenters. The second kappa shape index (κ2) is 9.94. The normalized spacial score (nSPS) is 14.4. The molecule has 0 saturated carbocycles. The van der Waals surface area contributed by atoms with Crippen molar-refractivity contribution >= 4 is 24.6 Å². The maximum absolute atomic E-state index is 10.3. The van der Waals surface area contributed by atoms with Gasteiger partial charge < -0.3 is 15.0 Å². The molecule has 1 fully saturated rings. The Hall–Kier alpha value is -2.38. The van der Waals surface area contributed by atoms with Gasteiger partial charge in [0.15, 0.2) is 5.82 Å². The Bertz CT molecular complexity index is 690. The van der Waals surface area contributed by atoms with Gasteiger partial charge in [0.05, 0.1) is 7.11 Å². The molecule has 26 heavy (non-hydrogen) atoms. The number of ether oxygens (including phenoxy) is 1. The zero-order valence-corrected chi connectivity index (χ0v) is 15.6. The van der Waals surface area contributed by atoms with Crippen LogP contribution in [0.2, 0.25) is 0 Å². The molecule has 0 aliphatic carbocycles. The summed E-state index contributed by atoms with van der Waals surface area (Å²) in [4.78, 5) is 24.1. The Labute approximate surface area is 159 Å². The minimum Gasteiger partial charge on any atom is -0.497 e. The molecule has 1 aliphatic heterocycles. The Balaban J connectivity index is 0.00000243. The Morgan fingerprint density at radius 2 is 1.81 bits per heavy atom. The minimum absolute atomic E-state index is 0. The third kappa shape index (κ3) is 4.83. The van der Waals surface area contributed by atoms with Gasteiger partial charge in [-0.1, -0.05) is 0 Å². The molecule has 0 unspecified atom stereocenters. The first-order valence-electron chi connectivity index (χ1n) is 8.41. The smallest absolute Gasteiger partial charge is 0.207 e. The van der Waals surface area contributed by atoms with E-state index in [-0.39, 0.29) is 12.4 Å². The third-order valence-electron chi connectivity index (χ3n) is 4.37. The Morgan fingerprint density at radius 3 is 2.46 bits per heavy atom. The van der Waals surface area contributed by atoms with Crippen LogP contribution in [-0.2, 0) is 4.79 Å². The number of methoxy groups -OCH3 is 1. The molecule has 140 valence electrons. The number of hydrogen-bond donors (Lipinski definition) is 1. The van der Waals surface area contributed by atoms with Crippen molar-refractivity contribution in [1.82, 2.24) is 20.2 Å². The van der Waals surface area contributed by atoms with Crippen molar-refractivity contribution in [3.05, 3.63) is 36.7 Å². The summed E-state index contributed by atoms with van der Waals surface area (Å²) in [6.45, 7) is 5.23. The third-order valence-corrected chi connectivity index (χ3v) is 4.37. The van der Waals surface area contributed by atoms with Gasteiger partial charge in [0.25, 0.3) is 0 Å². The van der Waals surface area contributed by atoms with Crippen LogP contribution in [-0.4, -0.2) is 67.7 Å². The standard InChI is InChI=1S/C18H23N5O2.ClH/c1-25-16-4-2-15(3-5-16)17-18(21-7-6-20-17)23-12-10-22(11-13-23)9-8-19-14-24;/h2-7,14H,8-13H2,1H3,(H,19,24);1H. The average molecular weight is 378 g/mol. The van der Waals surface area contributed by atoms with Crippen LogP contribution in [0.25, 0.3) is 11.3 Å². The van der Waals surface area contributed by atoms with Crippen molar-refractivity contribution in [3.8, 4) is 17.0 Å². The summed E-state index contributed by atoms with van der Waals surface area (Å²) < 4.78 is 5.22. The number of benzene rings is 1. The zero-order valence-electron chi connectivity index (χ0n) is 14.8. The molecule has 8 heteroatoms. The van der Waals surface area contributed by atoms with Crippen LogP contribution in [0.1, 0.15) is 0 Å². The van der Waals surface area contributed by atoms with E-state index in [0.29, 0.717) is 6.54 Å². The van der Waals surface area contributed by atoms with E-state index in [1.165, 1.54) is 0 Å². The lowest BCUT2D eigenvalue weighted by Gasteiger charge is -2.35. The lowest BCUT2D eigenvalue weighted by Crippen LogP contribution is -2.48. The van der Waals surface area contributed by atoms with Gasteiger partial charge in [-0.05, 0) is 24.3 Å². The maximum Gasteiger partial charge on any atom is 0.207 e. The molecule has 2 aromatic rings. The second-order valence-corrected chi connectivity index (χ2v) is 5.86. The maximum atomic E-state index is 10.3. The van der Waals surface area contributed by atoms with Crippen LogP contribution in [0.5, 0.6) is 5.75 Å². The quantitative estimate of drug-likeness (QED) is 0.581.